The fraction of sp³-hybridized carbons (Fsp3) is 0.333. The molecule has 0 spiro atoms. The summed E-state index contributed by atoms with van der Waals surface area (Å²) < 4.78 is 0. The highest BCUT2D eigenvalue weighted by molar-refractivity contribution is 5.39. The van der Waals surface area contributed by atoms with Gasteiger partial charge in [0.2, 0.25) is 12.2 Å². The number of carbonyl (C=O) groups excluding carboxylic acids is 2. The van der Waals surface area contributed by atoms with Crippen molar-refractivity contribution >= 4 is 12.2 Å². The summed E-state index contributed by atoms with van der Waals surface area (Å²) in [4.78, 5) is 27.6. The number of isocyanates is 2. The van der Waals surface area contributed by atoms with Crippen LogP contribution in [-0.2, 0) is 15.0 Å². The molecule has 1 aromatic rings. The summed E-state index contributed by atoms with van der Waals surface area (Å²) in [5.74, 6) is 0. The van der Waals surface area contributed by atoms with E-state index in [4.69, 9.17) is 0 Å². The third-order valence-corrected chi connectivity index (χ3v) is 2.51. The predicted octanol–water partition coefficient (Wildman–Crippen LogP) is 1.96. The van der Waals surface area contributed by atoms with Crippen LogP contribution in [0.5, 0.6) is 0 Å². The lowest BCUT2D eigenvalue weighted by molar-refractivity contribution is 0.416. The first-order chi connectivity index (χ1) is 7.62. The lowest BCUT2D eigenvalue weighted by Gasteiger charge is -2.27. The molecule has 0 unspecified atom stereocenters. The second-order valence-electron chi connectivity index (χ2n) is 3.90. The van der Waals surface area contributed by atoms with E-state index < -0.39 is 11.6 Å². The first kappa shape index (κ1) is 12.1. The summed E-state index contributed by atoms with van der Waals surface area (Å²) in [7, 11) is 0. The van der Waals surface area contributed by atoms with Crippen LogP contribution in [0.15, 0.2) is 40.3 Å². The summed E-state index contributed by atoms with van der Waals surface area (Å²) in [5, 5.41) is 0. The molecule has 0 saturated carbocycles. The van der Waals surface area contributed by atoms with Crippen LogP contribution < -0.4 is 0 Å². The monoisotopic (exact) mass is 216 g/mol. The van der Waals surface area contributed by atoms with Gasteiger partial charge in [0.15, 0.2) is 6.17 Å². The molecule has 0 atom stereocenters. The Morgan fingerprint density at radius 2 is 1.56 bits per heavy atom. The highest BCUT2D eigenvalue weighted by Crippen LogP contribution is 2.29. The van der Waals surface area contributed by atoms with Crippen molar-refractivity contribution in [3.63, 3.8) is 0 Å². The van der Waals surface area contributed by atoms with Crippen LogP contribution in [0.4, 0.5) is 0 Å². The molecular formula is C12H12N2O2. The minimum Gasteiger partial charge on any atom is -0.211 e. The highest BCUT2D eigenvalue weighted by atomic mass is 16.1. The highest BCUT2D eigenvalue weighted by Gasteiger charge is 2.31. The number of aliphatic imine (C=N–C) groups is 2. The second kappa shape index (κ2) is 5.17. The average Bonchev–Trinajstić information content (AvgIpc) is 2.30. The van der Waals surface area contributed by atoms with Crippen LogP contribution >= 0.6 is 0 Å². The van der Waals surface area contributed by atoms with Gasteiger partial charge in [-0.3, -0.25) is 0 Å². The molecular weight excluding hydrogens is 204 g/mol. The lowest BCUT2D eigenvalue weighted by atomic mass is 9.82. The largest absolute Gasteiger partial charge is 0.237 e. The van der Waals surface area contributed by atoms with Crippen molar-refractivity contribution in [2.75, 3.05) is 0 Å². The number of rotatable bonds is 4. The second-order valence-corrected chi connectivity index (χ2v) is 3.90. The van der Waals surface area contributed by atoms with Gasteiger partial charge in [-0.05, 0) is 5.56 Å². The molecule has 0 radical (unpaired) electrons. The third-order valence-electron chi connectivity index (χ3n) is 2.51. The van der Waals surface area contributed by atoms with Crippen molar-refractivity contribution in [3.05, 3.63) is 35.9 Å². The van der Waals surface area contributed by atoms with E-state index in [-0.39, 0.29) is 0 Å². The SMILES string of the molecule is CC(C)(c1ccccc1)C(N=C=O)N=C=O. The topological polar surface area (TPSA) is 58.9 Å². The van der Waals surface area contributed by atoms with Gasteiger partial charge in [-0.25, -0.2) is 9.59 Å². The lowest BCUT2D eigenvalue weighted by Crippen LogP contribution is -2.30. The van der Waals surface area contributed by atoms with Gasteiger partial charge < -0.3 is 0 Å². The smallest absolute Gasteiger partial charge is 0.211 e. The zero-order valence-electron chi connectivity index (χ0n) is 9.18. The van der Waals surface area contributed by atoms with Crippen LogP contribution in [0.2, 0.25) is 0 Å². The van der Waals surface area contributed by atoms with E-state index in [1.807, 2.05) is 44.2 Å². The van der Waals surface area contributed by atoms with Gasteiger partial charge >= 0.3 is 0 Å². The Kier molecular flexibility index (Phi) is 3.90. The van der Waals surface area contributed by atoms with Crippen LogP contribution in [0.3, 0.4) is 0 Å². The molecule has 0 fully saturated rings. The molecule has 0 aliphatic carbocycles. The summed E-state index contributed by atoms with van der Waals surface area (Å²) in [6.07, 6.45) is 2.07. The number of nitrogens with zero attached hydrogens (tertiary/aromatic N) is 2. The van der Waals surface area contributed by atoms with Crippen molar-refractivity contribution < 1.29 is 9.59 Å². The number of benzene rings is 1. The average molecular weight is 216 g/mol. The van der Waals surface area contributed by atoms with Crippen molar-refractivity contribution in [1.29, 1.82) is 0 Å². The van der Waals surface area contributed by atoms with Gasteiger partial charge in [0, 0.05) is 5.41 Å². The maximum Gasteiger partial charge on any atom is 0.237 e. The van der Waals surface area contributed by atoms with Crippen LogP contribution in [0.25, 0.3) is 0 Å². The Labute approximate surface area is 93.7 Å². The fourth-order valence-electron chi connectivity index (χ4n) is 1.47. The Hall–Kier alpha value is -2.02. The number of hydrogen-bond donors (Lipinski definition) is 0. The van der Waals surface area contributed by atoms with Gasteiger partial charge in [0.05, 0.1) is 0 Å². The molecule has 82 valence electrons. The van der Waals surface area contributed by atoms with Crippen molar-refractivity contribution in [2.45, 2.75) is 25.4 Å². The van der Waals surface area contributed by atoms with Crippen LogP contribution in [-0.4, -0.2) is 18.3 Å². The first-order valence-electron chi connectivity index (χ1n) is 4.82. The molecule has 0 aliphatic rings. The normalized spacial score (nSPS) is 12.1. The van der Waals surface area contributed by atoms with Crippen LogP contribution in [0.1, 0.15) is 19.4 Å². The standard InChI is InChI=1S/C12H12N2O2/c1-12(2,10-6-4-3-5-7-10)11(13-8-15)14-9-16/h3-7,11H,1-2H3. The molecule has 16 heavy (non-hydrogen) atoms. The predicted molar refractivity (Wildman–Crippen MR) is 59.5 cm³/mol. The Bertz CT molecular complexity index is 423. The van der Waals surface area contributed by atoms with E-state index in [2.05, 4.69) is 9.98 Å². The summed E-state index contributed by atoms with van der Waals surface area (Å²) >= 11 is 0. The third kappa shape index (κ3) is 2.51. The minimum absolute atomic E-state index is 0.546. The fourth-order valence-corrected chi connectivity index (χ4v) is 1.47. The van der Waals surface area contributed by atoms with Gasteiger partial charge in [0.25, 0.3) is 0 Å². The molecule has 0 bridgehead atoms. The number of hydrogen-bond acceptors (Lipinski definition) is 4. The molecule has 1 aromatic carbocycles. The summed E-state index contributed by atoms with van der Waals surface area (Å²) in [6, 6.07) is 9.44. The summed E-state index contributed by atoms with van der Waals surface area (Å²) in [6.45, 7) is 3.71. The summed E-state index contributed by atoms with van der Waals surface area (Å²) in [5.41, 5.74) is 0.397. The molecule has 0 saturated heterocycles. The van der Waals surface area contributed by atoms with Crippen LogP contribution in [0, 0.1) is 0 Å². The maximum absolute atomic E-state index is 10.3. The van der Waals surface area contributed by atoms with E-state index in [1.165, 1.54) is 12.2 Å². The van der Waals surface area contributed by atoms with E-state index in [0.29, 0.717) is 0 Å². The van der Waals surface area contributed by atoms with E-state index in [1.54, 1.807) is 0 Å². The Morgan fingerprint density at radius 1 is 1.06 bits per heavy atom. The molecule has 0 aromatic heterocycles. The van der Waals surface area contributed by atoms with Crippen molar-refractivity contribution in [1.82, 2.24) is 0 Å². The zero-order chi connectivity index (χ0) is 12.0. The molecule has 0 amide bonds. The first-order valence-corrected chi connectivity index (χ1v) is 4.82. The Balaban J connectivity index is 3.16. The van der Waals surface area contributed by atoms with E-state index >= 15 is 0 Å². The minimum atomic E-state index is -0.787. The maximum atomic E-state index is 10.3. The molecule has 0 heterocycles. The van der Waals surface area contributed by atoms with Gasteiger partial charge in [0.1, 0.15) is 0 Å². The quantitative estimate of drug-likeness (QED) is 0.570. The Morgan fingerprint density at radius 3 is 2.00 bits per heavy atom. The molecule has 0 N–H and O–H groups in total. The van der Waals surface area contributed by atoms with E-state index in [9.17, 15) is 9.59 Å². The van der Waals surface area contributed by atoms with Gasteiger partial charge in [-0.2, -0.15) is 9.98 Å². The van der Waals surface area contributed by atoms with Crippen molar-refractivity contribution in [3.8, 4) is 0 Å². The van der Waals surface area contributed by atoms with Gasteiger partial charge in [-0.15, -0.1) is 0 Å². The molecule has 4 heteroatoms. The molecule has 4 nitrogen and oxygen atoms in total. The van der Waals surface area contributed by atoms with E-state index in [0.717, 1.165) is 5.56 Å². The van der Waals surface area contributed by atoms with Crippen molar-refractivity contribution in [2.24, 2.45) is 9.98 Å². The van der Waals surface area contributed by atoms with Gasteiger partial charge in [-0.1, -0.05) is 44.2 Å². The zero-order valence-corrected chi connectivity index (χ0v) is 9.18. The molecule has 0 aliphatic heterocycles. The molecule has 1 rings (SSSR count).